The number of benzene rings is 1. The predicted octanol–water partition coefficient (Wildman–Crippen LogP) is 6.58. The van der Waals surface area contributed by atoms with E-state index in [-0.39, 0.29) is 5.92 Å². The number of aromatic nitrogens is 3. The normalized spacial score (nSPS) is 39.8. The largest absolute Gasteiger partial charge is 0.372 e. The van der Waals surface area contributed by atoms with Crippen LogP contribution in [0.4, 0.5) is 0 Å². The van der Waals surface area contributed by atoms with Gasteiger partial charge in [0.1, 0.15) is 11.6 Å². The van der Waals surface area contributed by atoms with Crippen molar-refractivity contribution in [2.24, 2.45) is 11.8 Å². The number of morpholine rings is 1. The quantitative estimate of drug-likeness (QED) is 0.468. The Morgan fingerprint density at radius 1 is 0.737 bits per heavy atom. The number of allylic oxidation sites excluding steroid dienone is 4. The summed E-state index contributed by atoms with van der Waals surface area (Å²) < 4.78 is 7.06. The summed E-state index contributed by atoms with van der Waals surface area (Å²) >= 11 is 0. The van der Waals surface area contributed by atoms with Gasteiger partial charge in [0.15, 0.2) is 5.82 Å². The molecule has 0 N–H and O–H groups in total. The molecule has 9 atom stereocenters. The van der Waals surface area contributed by atoms with Crippen LogP contribution in [0.25, 0.3) is 11.4 Å². The Kier molecular flexibility index (Phi) is 5.99. The van der Waals surface area contributed by atoms with E-state index >= 15 is 0 Å². The smallest absolute Gasteiger partial charge is 0.163 e. The van der Waals surface area contributed by atoms with Crippen molar-refractivity contribution in [2.45, 2.75) is 113 Å². The van der Waals surface area contributed by atoms with E-state index in [2.05, 4.69) is 59.5 Å². The Morgan fingerprint density at radius 2 is 1.61 bits per heavy atom. The minimum absolute atomic E-state index is 0.222. The fourth-order valence-corrected chi connectivity index (χ4v) is 9.20. The van der Waals surface area contributed by atoms with Gasteiger partial charge in [-0.3, -0.25) is 4.90 Å². The Morgan fingerprint density at radius 3 is 2.50 bits per heavy atom. The van der Waals surface area contributed by atoms with Gasteiger partial charge in [-0.25, -0.2) is 15.0 Å². The fraction of sp³-hybridized carbons (Fsp3) is 0.606. The molecule has 38 heavy (non-hydrogen) atoms. The van der Waals surface area contributed by atoms with Crippen molar-refractivity contribution in [2.75, 3.05) is 0 Å². The number of rotatable bonds is 3. The average molecular weight is 509 g/mol. The van der Waals surface area contributed by atoms with Crippen molar-refractivity contribution in [3.8, 4) is 11.4 Å². The minimum atomic E-state index is 0.222. The lowest BCUT2D eigenvalue weighted by atomic mass is 9.72. The molecular formula is C33H40N4O. The molecule has 1 aromatic carbocycles. The molecule has 5 heteroatoms. The highest BCUT2D eigenvalue weighted by atomic mass is 16.5. The summed E-state index contributed by atoms with van der Waals surface area (Å²) in [5, 5.41) is 0. The Labute approximate surface area is 226 Å². The standard InChI is InChI=1S/C33H40N4O/c1-3-10-21(11-4-1)31-34-32(22-12-5-2-6-13-22)36-33(35-31)23-18-19-27-29(20-23)38-28-17-9-15-25-24-14-7-8-16-26(24)37(27)30(25)28/h1-6,10-12,22-30H,7-9,13-20H2. The van der Waals surface area contributed by atoms with Crippen molar-refractivity contribution >= 4 is 0 Å². The van der Waals surface area contributed by atoms with Gasteiger partial charge < -0.3 is 4.74 Å². The molecule has 2 aliphatic heterocycles. The van der Waals surface area contributed by atoms with Crippen molar-refractivity contribution in [3.63, 3.8) is 0 Å². The summed E-state index contributed by atoms with van der Waals surface area (Å²) in [6.07, 6.45) is 23.6. The molecule has 1 aromatic heterocycles. The number of nitrogens with zero attached hydrogens (tertiary/aromatic N) is 4. The summed E-state index contributed by atoms with van der Waals surface area (Å²) in [6, 6.07) is 12.5. The molecule has 5 fully saturated rings. The molecule has 9 unspecified atom stereocenters. The predicted molar refractivity (Wildman–Crippen MR) is 149 cm³/mol. The van der Waals surface area contributed by atoms with E-state index in [0.29, 0.717) is 30.2 Å². The van der Waals surface area contributed by atoms with Crippen LogP contribution < -0.4 is 0 Å². The molecule has 0 amide bonds. The third-order valence-electron chi connectivity index (χ3n) is 10.8. The molecule has 3 saturated carbocycles. The molecule has 6 aliphatic rings. The monoisotopic (exact) mass is 508 g/mol. The highest BCUT2D eigenvalue weighted by molar-refractivity contribution is 5.54. The number of hydrogen-bond donors (Lipinski definition) is 0. The third kappa shape index (κ3) is 3.92. The molecule has 2 aromatic rings. The molecule has 0 bridgehead atoms. The molecule has 4 aliphatic carbocycles. The maximum atomic E-state index is 7.06. The van der Waals surface area contributed by atoms with E-state index in [1.807, 2.05) is 0 Å². The lowest BCUT2D eigenvalue weighted by molar-refractivity contribution is -0.179. The summed E-state index contributed by atoms with van der Waals surface area (Å²) in [6.45, 7) is 0. The van der Waals surface area contributed by atoms with E-state index in [9.17, 15) is 0 Å². The van der Waals surface area contributed by atoms with Crippen LogP contribution in [0.5, 0.6) is 0 Å². The molecule has 198 valence electrons. The zero-order valence-electron chi connectivity index (χ0n) is 22.4. The first-order chi connectivity index (χ1) is 18.8. The summed E-state index contributed by atoms with van der Waals surface area (Å²) in [4.78, 5) is 18.3. The molecule has 5 nitrogen and oxygen atoms in total. The second kappa shape index (κ2) is 9.67. The lowest BCUT2D eigenvalue weighted by Gasteiger charge is -2.54. The highest BCUT2D eigenvalue weighted by Crippen LogP contribution is 2.55. The van der Waals surface area contributed by atoms with Crippen LogP contribution in [0.3, 0.4) is 0 Å². The number of fused-ring (bicyclic) bond motifs is 5. The first-order valence-electron chi connectivity index (χ1n) is 15.4. The highest BCUT2D eigenvalue weighted by Gasteiger charge is 2.59. The molecule has 0 spiro atoms. The maximum absolute atomic E-state index is 7.06. The summed E-state index contributed by atoms with van der Waals surface area (Å²) in [7, 11) is 0. The van der Waals surface area contributed by atoms with Gasteiger partial charge in [-0.15, -0.1) is 0 Å². The zero-order chi connectivity index (χ0) is 25.1. The van der Waals surface area contributed by atoms with Gasteiger partial charge in [-0.05, 0) is 63.2 Å². The van der Waals surface area contributed by atoms with E-state index in [1.165, 1.54) is 51.4 Å². The molecular weight excluding hydrogens is 468 g/mol. The van der Waals surface area contributed by atoms with Crippen LogP contribution in [0.15, 0.2) is 54.6 Å². The van der Waals surface area contributed by atoms with Gasteiger partial charge in [0.2, 0.25) is 0 Å². The van der Waals surface area contributed by atoms with Gasteiger partial charge in [0.05, 0.1) is 12.2 Å². The van der Waals surface area contributed by atoms with Crippen LogP contribution in [-0.4, -0.2) is 50.2 Å². The second-order valence-electron chi connectivity index (χ2n) is 12.7. The van der Waals surface area contributed by atoms with Crippen molar-refractivity contribution in [3.05, 3.63) is 66.3 Å². The van der Waals surface area contributed by atoms with E-state index in [0.717, 1.165) is 60.2 Å². The molecule has 2 saturated heterocycles. The second-order valence-corrected chi connectivity index (χ2v) is 12.7. The molecule has 0 radical (unpaired) electrons. The Balaban J connectivity index is 1.11. The van der Waals surface area contributed by atoms with E-state index < -0.39 is 0 Å². The van der Waals surface area contributed by atoms with Gasteiger partial charge in [-0.1, -0.05) is 73.9 Å². The zero-order valence-corrected chi connectivity index (χ0v) is 22.4. The van der Waals surface area contributed by atoms with Crippen molar-refractivity contribution in [1.82, 2.24) is 19.9 Å². The topological polar surface area (TPSA) is 51.1 Å². The Hall–Kier alpha value is -2.37. The van der Waals surface area contributed by atoms with Crippen LogP contribution in [-0.2, 0) is 4.74 Å². The number of hydrogen-bond acceptors (Lipinski definition) is 5. The summed E-state index contributed by atoms with van der Waals surface area (Å²) in [5.41, 5.74) is 1.08. The van der Waals surface area contributed by atoms with Gasteiger partial charge >= 0.3 is 0 Å². The average Bonchev–Trinajstić information content (AvgIpc) is 3.34. The van der Waals surface area contributed by atoms with E-state index in [1.54, 1.807) is 0 Å². The lowest BCUT2D eigenvalue weighted by Crippen LogP contribution is -2.63. The SMILES string of the molecule is C1=CCC(c2nc(-c3ccccc3)nc(C3CCC4C(C3)OC3CCCC5C6CCCCC6N4C35)n2)C=C1. The van der Waals surface area contributed by atoms with Crippen LogP contribution in [0.2, 0.25) is 0 Å². The van der Waals surface area contributed by atoms with Gasteiger partial charge in [0.25, 0.3) is 0 Å². The Bertz CT molecular complexity index is 1230. The van der Waals surface area contributed by atoms with Crippen molar-refractivity contribution < 1.29 is 4.74 Å². The molecule has 8 rings (SSSR count). The van der Waals surface area contributed by atoms with E-state index in [4.69, 9.17) is 19.7 Å². The minimum Gasteiger partial charge on any atom is -0.372 e. The van der Waals surface area contributed by atoms with Gasteiger partial charge in [0, 0.05) is 35.5 Å². The summed E-state index contributed by atoms with van der Waals surface area (Å²) in [5.74, 6) is 5.09. The molecule has 3 heterocycles. The first-order valence-corrected chi connectivity index (χ1v) is 15.4. The third-order valence-corrected chi connectivity index (χ3v) is 10.8. The van der Waals surface area contributed by atoms with Crippen molar-refractivity contribution in [1.29, 1.82) is 0 Å². The van der Waals surface area contributed by atoms with Gasteiger partial charge in [-0.2, -0.15) is 0 Å². The maximum Gasteiger partial charge on any atom is 0.163 e. The van der Waals surface area contributed by atoms with Crippen LogP contribution >= 0.6 is 0 Å². The fourth-order valence-electron chi connectivity index (χ4n) is 9.20. The first kappa shape index (κ1) is 23.5. The number of ether oxygens (including phenoxy) is 1. The van der Waals surface area contributed by atoms with Crippen LogP contribution in [0, 0.1) is 11.8 Å². The van der Waals surface area contributed by atoms with Crippen LogP contribution in [0.1, 0.15) is 94.1 Å².